The van der Waals surface area contributed by atoms with Crippen LogP contribution in [0.3, 0.4) is 0 Å². The number of nitrogens with one attached hydrogen (secondary N) is 2. The number of fused-ring (bicyclic) bond motifs is 1. The molecule has 1 heterocycles. The van der Waals surface area contributed by atoms with Gasteiger partial charge in [0.25, 0.3) is 0 Å². The molecular weight excluding hydrogens is 374 g/mol. The number of rotatable bonds is 8. The fourth-order valence-electron chi connectivity index (χ4n) is 2.94. The van der Waals surface area contributed by atoms with Crippen molar-refractivity contribution in [2.45, 2.75) is 20.3 Å². The number of carbonyl (C=O) groups is 2. The highest BCUT2D eigenvalue weighted by atomic mass is 32.1. The second-order valence-corrected chi connectivity index (χ2v) is 7.09. The number of para-hydroxylation sites is 1. The van der Waals surface area contributed by atoms with Gasteiger partial charge in [-0.2, -0.15) is 8.75 Å². The molecule has 1 aromatic heterocycles. The smallest absolute Gasteiger partial charge is 0.238 e. The van der Waals surface area contributed by atoms with Crippen molar-refractivity contribution in [3.05, 3.63) is 48.0 Å². The molecule has 0 saturated carbocycles. The van der Waals surface area contributed by atoms with Gasteiger partial charge in [0.05, 0.1) is 30.5 Å². The first-order valence-corrected chi connectivity index (χ1v) is 9.89. The maximum Gasteiger partial charge on any atom is 0.238 e. The van der Waals surface area contributed by atoms with Gasteiger partial charge >= 0.3 is 0 Å². The molecule has 0 bridgehead atoms. The first-order valence-electron chi connectivity index (χ1n) is 9.15. The van der Waals surface area contributed by atoms with Gasteiger partial charge in [-0.25, -0.2) is 0 Å². The van der Waals surface area contributed by atoms with Crippen LogP contribution in [0.2, 0.25) is 0 Å². The third-order valence-electron chi connectivity index (χ3n) is 4.25. The number of anilines is 2. The number of aryl methyl sites for hydroxylation is 1. The zero-order valence-corrected chi connectivity index (χ0v) is 16.8. The normalized spacial score (nSPS) is 11.0. The molecule has 0 spiro atoms. The Kier molecular flexibility index (Phi) is 6.67. The van der Waals surface area contributed by atoms with E-state index in [2.05, 4.69) is 19.4 Å². The number of nitrogens with zero attached hydrogens (tertiary/aromatic N) is 3. The summed E-state index contributed by atoms with van der Waals surface area (Å²) in [4.78, 5) is 26.8. The lowest BCUT2D eigenvalue weighted by Crippen LogP contribution is -2.39. The molecular formula is C20H23N5O2S. The van der Waals surface area contributed by atoms with Crippen molar-refractivity contribution in [2.75, 3.05) is 30.3 Å². The van der Waals surface area contributed by atoms with Crippen molar-refractivity contribution >= 4 is 46.0 Å². The Morgan fingerprint density at radius 1 is 0.964 bits per heavy atom. The Hall–Kier alpha value is -2.84. The molecule has 2 N–H and O–H groups in total. The van der Waals surface area contributed by atoms with Gasteiger partial charge in [0, 0.05) is 5.69 Å². The third-order valence-corrected chi connectivity index (χ3v) is 4.80. The monoisotopic (exact) mass is 397 g/mol. The fourth-order valence-corrected chi connectivity index (χ4v) is 3.49. The average molecular weight is 398 g/mol. The van der Waals surface area contributed by atoms with Crippen LogP contribution >= 0.6 is 11.7 Å². The average Bonchev–Trinajstić information content (AvgIpc) is 3.13. The molecule has 0 aliphatic heterocycles. The summed E-state index contributed by atoms with van der Waals surface area (Å²) in [6.07, 6.45) is 0.844. The van der Waals surface area contributed by atoms with E-state index in [1.54, 1.807) is 6.07 Å². The molecule has 0 aliphatic carbocycles. The van der Waals surface area contributed by atoms with E-state index in [0.29, 0.717) is 17.7 Å². The Labute approximate surface area is 168 Å². The van der Waals surface area contributed by atoms with Gasteiger partial charge in [-0.3, -0.25) is 14.5 Å². The number of benzene rings is 2. The van der Waals surface area contributed by atoms with Crippen LogP contribution in [0.15, 0.2) is 42.5 Å². The van der Waals surface area contributed by atoms with Crippen molar-refractivity contribution in [2.24, 2.45) is 0 Å². The van der Waals surface area contributed by atoms with Gasteiger partial charge < -0.3 is 10.6 Å². The van der Waals surface area contributed by atoms with Gasteiger partial charge in [-0.1, -0.05) is 31.2 Å². The van der Waals surface area contributed by atoms with Crippen LogP contribution in [0.5, 0.6) is 0 Å². The molecule has 0 fully saturated rings. The van der Waals surface area contributed by atoms with E-state index >= 15 is 0 Å². The van der Waals surface area contributed by atoms with Gasteiger partial charge in [0.1, 0.15) is 11.0 Å². The zero-order chi connectivity index (χ0) is 19.9. The SMILES string of the molecule is CCCN(CC(=O)Nc1ccccc1C)CC(=O)Nc1cccc2nsnc12. The first-order chi connectivity index (χ1) is 13.6. The molecule has 3 rings (SSSR count). The van der Waals surface area contributed by atoms with Gasteiger partial charge in [-0.05, 0) is 43.7 Å². The Bertz CT molecular complexity index is 972. The quantitative estimate of drug-likeness (QED) is 0.609. The van der Waals surface area contributed by atoms with E-state index in [4.69, 9.17) is 0 Å². The molecule has 0 saturated heterocycles. The highest BCUT2D eigenvalue weighted by Crippen LogP contribution is 2.21. The lowest BCUT2D eigenvalue weighted by atomic mass is 10.2. The van der Waals surface area contributed by atoms with Crippen molar-refractivity contribution < 1.29 is 9.59 Å². The van der Waals surface area contributed by atoms with Gasteiger partial charge in [0.15, 0.2) is 0 Å². The molecule has 8 heteroatoms. The standard InChI is InChI=1S/C20H23N5O2S/c1-3-11-25(12-18(26)21-15-8-5-4-7-14(15)2)13-19(27)22-16-9-6-10-17-20(16)24-28-23-17/h4-10H,3,11-13H2,1-2H3,(H,21,26)(H,22,27). The summed E-state index contributed by atoms with van der Waals surface area (Å²) < 4.78 is 8.41. The van der Waals surface area contributed by atoms with Crippen LogP contribution in [0.1, 0.15) is 18.9 Å². The summed E-state index contributed by atoms with van der Waals surface area (Å²) in [5.74, 6) is -0.320. The predicted molar refractivity (Wildman–Crippen MR) is 113 cm³/mol. The molecule has 2 aromatic carbocycles. The minimum Gasteiger partial charge on any atom is -0.325 e. The second kappa shape index (κ2) is 9.38. The molecule has 146 valence electrons. The minimum atomic E-state index is -0.183. The third kappa shape index (κ3) is 5.11. The van der Waals surface area contributed by atoms with E-state index in [1.165, 1.54) is 0 Å². The van der Waals surface area contributed by atoms with Crippen LogP contribution in [0.25, 0.3) is 11.0 Å². The number of hydrogen-bond donors (Lipinski definition) is 2. The van der Waals surface area contributed by atoms with Gasteiger partial charge in [0.2, 0.25) is 11.8 Å². The van der Waals surface area contributed by atoms with Crippen LogP contribution < -0.4 is 10.6 Å². The summed E-state index contributed by atoms with van der Waals surface area (Å²) in [6.45, 7) is 4.89. The zero-order valence-electron chi connectivity index (χ0n) is 15.9. The van der Waals surface area contributed by atoms with Crippen LogP contribution in [0.4, 0.5) is 11.4 Å². The lowest BCUT2D eigenvalue weighted by molar-refractivity contribution is -0.120. The Balaban J connectivity index is 1.60. The van der Waals surface area contributed by atoms with E-state index in [1.807, 2.05) is 55.1 Å². The van der Waals surface area contributed by atoms with Crippen molar-refractivity contribution in [1.29, 1.82) is 0 Å². The topological polar surface area (TPSA) is 87.2 Å². The summed E-state index contributed by atoms with van der Waals surface area (Å²) in [5.41, 5.74) is 3.86. The molecule has 3 aromatic rings. The van der Waals surface area contributed by atoms with Crippen molar-refractivity contribution in [1.82, 2.24) is 13.6 Å². The first kappa shape index (κ1) is 19.9. The highest BCUT2D eigenvalue weighted by molar-refractivity contribution is 7.00. The Morgan fingerprint density at radius 3 is 2.36 bits per heavy atom. The summed E-state index contributed by atoms with van der Waals surface area (Å²) in [5, 5.41) is 5.80. The predicted octanol–water partition coefficient (Wildman–Crippen LogP) is 3.29. The van der Waals surface area contributed by atoms with Crippen molar-refractivity contribution in [3.63, 3.8) is 0 Å². The maximum atomic E-state index is 12.5. The van der Waals surface area contributed by atoms with Crippen LogP contribution in [-0.2, 0) is 9.59 Å². The number of hydrogen-bond acceptors (Lipinski definition) is 6. The molecule has 0 unspecified atom stereocenters. The van der Waals surface area contributed by atoms with Crippen molar-refractivity contribution in [3.8, 4) is 0 Å². The summed E-state index contributed by atoms with van der Waals surface area (Å²) in [6, 6.07) is 13.1. The van der Waals surface area contributed by atoms with Crippen LogP contribution in [-0.4, -0.2) is 45.1 Å². The molecule has 0 atom stereocenters. The second-order valence-electron chi connectivity index (χ2n) is 6.56. The van der Waals surface area contributed by atoms with E-state index in [-0.39, 0.29) is 24.9 Å². The molecule has 0 radical (unpaired) electrons. The summed E-state index contributed by atoms with van der Waals surface area (Å²) in [7, 11) is 0. The molecule has 28 heavy (non-hydrogen) atoms. The fraction of sp³-hybridized carbons (Fsp3) is 0.300. The van der Waals surface area contributed by atoms with Crippen LogP contribution in [0, 0.1) is 6.92 Å². The molecule has 7 nitrogen and oxygen atoms in total. The summed E-state index contributed by atoms with van der Waals surface area (Å²) >= 11 is 1.11. The number of carbonyl (C=O) groups excluding carboxylic acids is 2. The molecule has 2 amide bonds. The minimum absolute atomic E-state index is 0.128. The Morgan fingerprint density at radius 2 is 1.64 bits per heavy atom. The van der Waals surface area contributed by atoms with E-state index in [9.17, 15) is 9.59 Å². The molecule has 0 aliphatic rings. The number of aromatic nitrogens is 2. The maximum absolute atomic E-state index is 12.5. The largest absolute Gasteiger partial charge is 0.325 e. The highest BCUT2D eigenvalue weighted by Gasteiger charge is 2.16. The lowest BCUT2D eigenvalue weighted by Gasteiger charge is -2.21. The van der Waals surface area contributed by atoms with E-state index < -0.39 is 0 Å². The number of amides is 2. The van der Waals surface area contributed by atoms with E-state index in [0.717, 1.165) is 34.9 Å². The van der Waals surface area contributed by atoms with Gasteiger partial charge in [-0.15, -0.1) is 0 Å².